The maximum Gasteiger partial charge on any atom is 0.0719 e. The second-order valence-electron chi connectivity index (χ2n) is 2.09. The Balaban J connectivity index is 3.21. The highest BCUT2D eigenvalue weighted by atomic mass is 16.5. The zero-order chi connectivity index (χ0) is 7.82. The van der Waals surface area contributed by atoms with Gasteiger partial charge in [-0.05, 0) is 13.3 Å². The van der Waals surface area contributed by atoms with E-state index in [9.17, 15) is 0 Å². The summed E-state index contributed by atoms with van der Waals surface area (Å²) in [7, 11) is 1.68. The zero-order valence-electron chi connectivity index (χ0n) is 6.80. The Labute approximate surface area is 62.5 Å². The first-order valence-corrected chi connectivity index (χ1v) is 3.65. The van der Waals surface area contributed by atoms with E-state index in [1.807, 2.05) is 6.92 Å². The molecule has 0 aliphatic heterocycles. The van der Waals surface area contributed by atoms with E-state index in [-0.39, 0.29) is 6.10 Å². The Morgan fingerprint density at radius 1 is 1.50 bits per heavy atom. The average molecular weight is 147 g/mol. The predicted molar refractivity (Wildman–Crippen MR) is 41.0 cm³/mol. The molecule has 3 heteroatoms. The Bertz CT molecular complexity index is 68.6. The molecule has 0 spiro atoms. The second-order valence-corrected chi connectivity index (χ2v) is 2.09. The first-order chi connectivity index (χ1) is 4.85. The largest absolute Gasteiger partial charge is 0.385 e. The molecule has 0 aliphatic rings. The molecule has 3 nitrogen and oxygen atoms in total. The number of nitrogens with two attached hydrogens (primary N) is 1. The smallest absolute Gasteiger partial charge is 0.0719 e. The van der Waals surface area contributed by atoms with E-state index < -0.39 is 0 Å². The molecule has 0 heterocycles. The molecule has 0 bridgehead atoms. The molecule has 0 aromatic carbocycles. The molecule has 0 radical (unpaired) electrons. The van der Waals surface area contributed by atoms with Crippen molar-refractivity contribution in [3.05, 3.63) is 0 Å². The Hall–Kier alpha value is -0.120. The van der Waals surface area contributed by atoms with Crippen molar-refractivity contribution < 1.29 is 9.47 Å². The monoisotopic (exact) mass is 147 g/mol. The van der Waals surface area contributed by atoms with Gasteiger partial charge in [0.15, 0.2) is 0 Å². The van der Waals surface area contributed by atoms with Gasteiger partial charge in [0.1, 0.15) is 0 Å². The summed E-state index contributed by atoms with van der Waals surface area (Å²) in [6.07, 6.45) is 1.06. The van der Waals surface area contributed by atoms with Crippen molar-refractivity contribution in [3.63, 3.8) is 0 Å². The third-order valence-corrected chi connectivity index (χ3v) is 1.31. The lowest BCUT2D eigenvalue weighted by Gasteiger charge is -2.13. The standard InChI is InChI=1S/C7H17NO2/c1-3-10-7(6-8)4-5-9-2/h7H,3-6,8H2,1-2H3. The molecule has 0 aromatic heterocycles. The Morgan fingerprint density at radius 3 is 2.60 bits per heavy atom. The number of hydrogen-bond donors (Lipinski definition) is 1. The Kier molecular flexibility index (Phi) is 6.91. The van der Waals surface area contributed by atoms with Gasteiger partial charge in [-0.1, -0.05) is 0 Å². The van der Waals surface area contributed by atoms with Gasteiger partial charge < -0.3 is 15.2 Å². The molecule has 1 atom stereocenters. The highest BCUT2D eigenvalue weighted by Gasteiger charge is 2.03. The maximum absolute atomic E-state index is 5.42. The van der Waals surface area contributed by atoms with Crippen LogP contribution in [-0.4, -0.2) is 33.0 Å². The molecule has 0 saturated carbocycles. The molecule has 0 amide bonds. The Morgan fingerprint density at radius 2 is 2.20 bits per heavy atom. The van der Waals surface area contributed by atoms with Gasteiger partial charge >= 0.3 is 0 Å². The normalized spacial score (nSPS) is 13.5. The van der Waals surface area contributed by atoms with E-state index >= 15 is 0 Å². The predicted octanol–water partition coefficient (Wildman–Crippen LogP) is 0.387. The molecule has 0 aromatic rings. The molecule has 62 valence electrons. The topological polar surface area (TPSA) is 44.5 Å². The van der Waals surface area contributed by atoms with Crippen molar-refractivity contribution in [1.29, 1.82) is 0 Å². The van der Waals surface area contributed by atoms with Crippen molar-refractivity contribution in [3.8, 4) is 0 Å². The van der Waals surface area contributed by atoms with Crippen LogP contribution in [0.25, 0.3) is 0 Å². The van der Waals surface area contributed by atoms with Crippen LogP contribution >= 0.6 is 0 Å². The molecular weight excluding hydrogens is 130 g/mol. The minimum atomic E-state index is 0.171. The van der Waals surface area contributed by atoms with E-state index in [4.69, 9.17) is 15.2 Å². The first kappa shape index (κ1) is 9.88. The summed E-state index contributed by atoms with van der Waals surface area (Å²) >= 11 is 0. The van der Waals surface area contributed by atoms with Crippen LogP contribution in [0.2, 0.25) is 0 Å². The van der Waals surface area contributed by atoms with E-state index in [1.165, 1.54) is 0 Å². The minimum Gasteiger partial charge on any atom is -0.385 e. The lowest BCUT2D eigenvalue weighted by Crippen LogP contribution is -2.25. The quantitative estimate of drug-likeness (QED) is 0.591. The first-order valence-electron chi connectivity index (χ1n) is 3.65. The number of rotatable bonds is 6. The van der Waals surface area contributed by atoms with Crippen LogP contribution in [-0.2, 0) is 9.47 Å². The van der Waals surface area contributed by atoms with Crippen molar-refractivity contribution in [1.82, 2.24) is 0 Å². The molecule has 10 heavy (non-hydrogen) atoms. The summed E-state index contributed by atoms with van der Waals surface area (Å²) in [5.74, 6) is 0. The molecule has 1 unspecified atom stereocenters. The fourth-order valence-corrected chi connectivity index (χ4v) is 0.754. The summed E-state index contributed by atoms with van der Waals surface area (Å²) in [4.78, 5) is 0. The lowest BCUT2D eigenvalue weighted by atomic mass is 10.3. The summed E-state index contributed by atoms with van der Waals surface area (Å²) in [5.41, 5.74) is 5.42. The van der Waals surface area contributed by atoms with Crippen LogP contribution in [0.5, 0.6) is 0 Å². The molecule has 0 fully saturated rings. The van der Waals surface area contributed by atoms with E-state index in [0.717, 1.165) is 19.6 Å². The van der Waals surface area contributed by atoms with Gasteiger partial charge in [-0.15, -0.1) is 0 Å². The molecule has 0 rings (SSSR count). The van der Waals surface area contributed by atoms with Crippen molar-refractivity contribution in [2.24, 2.45) is 5.73 Å². The average Bonchev–Trinajstić information content (AvgIpc) is 1.98. The minimum absolute atomic E-state index is 0.171. The zero-order valence-corrected chi connectivity index (χ0v) is 6.80. The van der Waals surface area contributed by atoms with Crippen LogP contribution in [0, 0.1) is 0 Å². The van der Waals surface area contributed by atoms with Gasteiger partial charge in [0.2, 0.25) is 0 Å². The number of hydrogen-bond acceptors (Lipinski definition) is 3. The van der Waals surface area contributed by atoms with Crippen molar-refractivity contribution >= 4 is 0 Å². The summed E-state index contributed by atoms with van der Waals surface area (Å²) in [6, 6.07) is 0. The third kappa shape index (κ3) is 4.73. The van der Waals surface area contributed by atoms with E-state index in [0.29, 0.717) is 6.54 Å². The molecule has 2 N–H and O–H groups in total. The van der Waals surface area contributed by atoms with Gasteiger partial charge in [-0.25, -0.2) is 0 Å². The molecule has 0 saturated heterocycles. The van der Waals surface area contributed by atoms with Gasteiger partial charge in [0.25, 0.3) is 0 Å². The van der Waals surface area contributed by atoms with Crippen LogP contribution < -0.4 is 5.73 Å². The van der Waals surface area contributed by atoms with Crippen LogP contribution in [0.3, 0.4) is 0 Å². The van der Waals surface area contributed by atoms with Crippen molar-refractivity contribution in [2.75, 3.05) is 26.9 Å². The van der Waals surface area contributed by atoms with Gasteiger partial charge in [0.05, 0.1) is 6.10 Å². The summed E-state index contributed by atoms with van der Waals surface area (Å²) < 4.78 is 10.2. The lowest BCUT2D eigenvalue weighted by molar-refractivity contribution is 0.0425. The van der Waals surface area contributed by atoms with Crippen LogP contribution in [0.1, 0.15) is 13.3 Å². The third-order valence-electron chi connectivity index (χ3n) is 1.31. The van der Waals surface area contributed by atoms with Crippen molar-refractivity contribution in [2.45, 2.75) is 19.4 Å². The summed E-state index contributed by atoms with van der Waals surface area (Å²) in [5, 5.41) is 0. The fraction of sp³-hybridized carbons (Fsp3) is 1.00. The second kappa shape index (κ2) is 6.99. The molecular formula is C7H17NO2. The highest BCUT2D eigenvalue weighted by molar-refractivity contribution is 4.56. The molecule has 0 aliphatic carbocycles. The highest BCUT2D eigenvalue weighted by Crippen LogP contribution is 1.95. The van der Waals surface area contributed by atoms with E-state index in [1.54, 1.807) is 7.11 Å². The van der Waals surface area contributed by atoms with Gasteiger partial charge in [0, 0.05) is 26.9 Å². The maximum atomic E-state index is 5.42. The van der Waals surface area contributed by atoms with Crippen LogP contribution in [0.15, 0.2) is 0 Å². The van der Waals surface area contributed by atoms with Gasteiger partial charge in [-0.2, -0.15) is 0 Å². The van der Waals surface area contributed by atoms with Gasteiger partial charge in [-0.3, -0.25) is 0 Å². The number of methoxy groups -OCH3 is 1. The number of ether oxygens (including phenoxy) is 2. The SMILES string of the molecule is CCOC(CN)CCOC. The van der Waals surface area contributed by atoms with E-state index in [2.05, 4.69) is 0 Å². The fourth-order valence-electron chi connectivity index (χ4n) is 0.754. The summed E-state index contributed by atoms with van der Waals surface area (Å²) in [6.45, 7) is 4.00. The van der Waals surface area contributed by atoms with Crippen LogP contribution in [0.4, 0.5) is 0 Å².